The van der Waals surface area contributed by atoms with E-state index in [2.05, 4.69) is 72.8 Å². The third kappa shape index (κ3) is 10.9. The van der Waals surface area contributed by atoms with Gasteiger partial charge in [0.25, 0.3) is 0 Å². The smallest absolute Gasteiger partial charge is 0.872 e. The summed E-state index contributed by atoms with van der Waals surface area (Å²) in [6.07, 6.45) is 0. The molecule has 0 amide bonds. The molecule has 0 aliphatic heterocycles. The Hall–Kier alpha value is -10.5. The molecule has 0 bridgehead atoms. The van der Waals surface area contributed by atoms with E-state index >= 15 is 0 Å². The predicted molar refractivity (Wildman–Crippen MR) is 345 cm³/mol. The van der Waals surface area contributed by atoms with Crippen molar-refractivity contribution in [2.45, 2.75) is 0 Å². The van der Waals surface area contributed by atoms with E-state index < -0.39 is 0 Å². The zero-order chi connectivity index (χ0) is 56.9. The summed E-state index contributed by atoms with van der Waals surface area (Å²) in [5.41, 5.74) is 7.22. The summed E-state index contributed by atoms with van der Waals surface area (Å²) in [6.45, 7) is 0. The molecule has 0 spiro atoms. The van der Waals surface area contributed by atoms with E-state index in [4.69, 9.17) is 0 Å². The molecule has 0 atom stereocenters. The zero-order valence-electron chi connectivity index (χ0n) is 46.2. The van der Waals surface area contributed by atoms with Crippen LogP contribution in [0, 0.1) is 0 Å². The fourth-order valence-corrected chi connectivity index (χ4v) is 11.9. The summed E-state index contributed by atoms with van der Waals surface area (Å²) in [6, 6.07) is 104. The van der Waals surface area contributed by atoms with Crippen molar-refractivity contribution in [3.05, 3.63) is 315 Å². The van der Waals surface area contributed by atoms with Crippen molar-refractivity contribution >= 4 is 86.2 Å². The van der Waals surface area contributed by atoms with Gasteiger partial charge in [-0.3, -0.25) is 0 Å². The Morgan fingerprint density at radius 3 is 0.494 bits per heavy atom. The summed E-state index contributed by atoms with van der Waals surface area (Å²) in [4.78, 5) is 0. The molecule has 0 heterocycles. The van der Waals surface area contributed by atoms with Crippen molar-refractivity contribution in [3.8, 4) is 67.5 Å². The predicted octanol–water partition coefficient (Wildman–Crippen LogP) is 18.9. The van der Waals surface area contributed by atoms with Crippen LogP contribution in [0.4, 0.5) is 0 Å². The molecule has 400 valence electrons. The Morgan fingerprint density at radius 2 is 0.294 bits per heavy atom. The number of fused-ring (bicyclic) bond motifs is 8. The SMILES string of the molecule is [O-]c1ccc2ccccc2c1-c1cccc2ccccc12.[O-]c1ccc2ccccc2c1-c1cccc2ccccc12.[O-]c1ccc2ccccc2c1-c1cccc2ccccc12.[O-]c1ccc2ccccc2c1-c1cccc2ccccc12.[Ti+4]. The first-order valence-electron chi connectivity index (χ1n) is 28.1. The van der Waals surface area contributed by atoms with Crippen molar-refractivity contribution in [3.63, 3.8) is 0 Å². The number of rotatable bonds is 4. The molecular formula is C80H52O4Ti. The topological polar surface area (TPSA) is 92.2 Å². The molecule has 0 aromatic heterocycles. The summed E-state index contributed by atoms with van der Waals surface area (Å²) < 4.78 is 0. The largest absolute Gasteiger partial charge is 4.00 e. The van der Waals surface area contributed by atoms with Gasteiger partial charge in [-0.25, -0.2) is 0 Å². The van der Waals surface area contributed by atoms with Crippen LogP contribution in [0.2, 0.25) is 0 Å². The van der Waals surface area contributed by atoms with E-state index in [1.807, 2.05) is 218 Å². The second-order valence-electron chi connectivity index (χ2n) is 20.7. The average Bonchev–Trinajstić information content (AvgIpc) is 2.92. The van der Waals surface area contributed by atoms with Gasteiger partial charge in [-0.1, -0.05) is 315 Å². The molecule has 0 N–H and O–H groups in total. The monoisotopic (exact) mass is 1120 g/mol. The van der Waals surface area contributed by atoms with Crippen LogP contribution in [0.3, 0.4) is 0 Å². The average molecular weight is 1130 g/mol. The van der Waals surface area contributed by atoms with Crippen LogP contribution in [-0.4, -0.2) is 0 Å². The van der Waals surface area contributed by atoms with E-state index in [0.29, 0.717) is 0 Å². The summed E-state index contributed by atoms with van der Waals surface area (Å²) in [5.74, 6) is 0.296. The van der Waals surface area contributed by atoms with Gasteiger partial charge in [-0.15, -0.1) is 23.0 Å². The van der Waals surface area contributed by atoms with Gasteiger partial charge < -0.3 is 20.4 Å². The fraction of sp³-hybridized carbons (Fsp3) is 0. The molecule has 16 rings (SSSR count). The van der Waals surface area contributed by atoms with E-state index in [1.54, 1.807) is 24.3 Å². The van der Waals surface area contributed by atoms with Crippen molar-refractivity contribution in [1.82, 2.24) is 0 Å². The quantitative estimate of drug-likeness (QED) is 0.164. The van der Waals surface area contributed by atoms with Gasteiger partial charge in [-0.05, 0) is 131 Å². The molecule has 0 unspecified atom stereocenters. The van der Waals surface area contributed by atoms with Crippen molar-refractivity contribution in [2.24, 2.45) is 0 Å². The minimum atomic E-state index is 0. The summed E-state index contributed by atoms with van der Waals surface area (Å²) in [5, 5.41) is 67.5. The second-order valence-corrected chi connectivity index (χ2v) is 20.7. The standard InChI is InChI=1S/4C20H14O.Ti/c4*21-19-13-12-15-7-2-4-10-17(15)20(19)18-11-5-8-14-6-1-3-9-16(14)18;/h4*1-13,21H;/q;;;;+4/p-4. The Bertz CT molecular complexity index is 4440. The van der Waals surface area contributed by atoms with Crippen molar-refractivity contribution < 1.29 is 42.1 Å². The van der Waals surface area contributed by atoms with Gasteiger partial charge in [0.05, 0.1) is 0 Å². The molecular weight excluding hydrogens is 1070 g/mol. The molecule has 16 aromatic carbocycles. The zero-order valence-corrected chi connectivity index (χ0v) is 47.7. The first kappa shape index (κ1) is 55.1. The van der Waals surface area contributed by atoms with Gasteiger partial charge in [0, 0.05) is 0 Å². The number of hydrogen-bond donors (Lipinski definition) is 0. The van der Waals surface area contributed by atoms with Crippen LogP contribution in [-0.2, 0) is 21.7 Å². The van der Waals surface area contributed by atoms with Crippen LogP contribution < -0.4 is 20.4 Å². The third-order valence-corrected chi connectivity index (χ3v) is 15.8. The maximum atomic E-state index is 12.5. The van der Waals surface area contributed by atoms with Crippen molar-refractivity contribution in [1.29, 1.82) is 0 Å². The van der Waals surface area contributed by atoms with Gasteiger partial charge in [-0.2, -0.15) is 0 Å². The van der Waals surface area contributed by atoms with E-state index in [9.17, 15) is 20.4 Å². The Kier molecular flexibility index (Phi) is 15.9. The first-order chi connectivity index (χ1) is 41.4. The molecule has 0 fully saturated rings. The van der Waals surface area contributed by atoms with E-state index in [-0.39, 0.29) is 44.7 Å². The fourth-order valence-electron chi connectivity index (χ4n) is 11.9. The molecule has 85 heavy (non-hydrogen) atoms. The van der Waals surface area contributed by atoms with Gasteiger partial charge in [0.2, 0.25) is 0 Å². The van der Waals surface area contributed by atoms with Crippen LogP contribution in [0.1, 0.15) is 0 Å². The molecule has 0 aliphatic carbocycles. The summed E-state index contributed by atoms with van der Waals surface area (Å²) >= 11 is 0. The van der Waals surface area contributed by atoms with E-state index in [1.165, 1.54) is 0 Å². The molecule has 16 aromatic rings. The Labute approximate surface area is 507 Å². The van der Waals surface area contributed by atoms with Gasteiger partial charge >= 0.3 is 21.7 Å². The van der Waals surface area contributed by atoms with Crippen LogP contribution in [0.5, 0.6) is 23.0 Å². The minimum Gasteiger partial charge on any atom is -0.872 e. The van der Waals surface area contributed by atoms with Gasteiger partial charge in [0.1, 0.15) is 0 Å². The third-order valence-electron chi connectivity index (χ3n) is 15.8. The maximum absolute atomic E-state index is 12.5. The maximum Gasteiger partial charge on any atom is 4.00 e. The number of benzene rings is 16. The van der Waals surface area contributed by atoms with Crippen LogP contribution in [0.25, 0.3) is 131 Å². The Morgan fingerprint density at radius 1 is 0.141 bits per heavy atom. The molecule has 0 saturated carbocycles. The van der Waals surface area contributed by atoms with Crippen LogP contribution in [0.15, 0.2) is 315 Å². The normalized spacial score (nSPS) is 10.9. The number of hydrogen-bond acceptors (Lipinski definition) is 4. The summed E-state index contributed by atoms with van der Waals surface area (Å²) in [7, 11) is 0. The van der Waals surface area contributed by atoms with Gasteiger partial charge in [0.15, 0.2) is 0 Å². The molecule has 4 nitrogen and oxygen atoms in total. The first-order valence-corrected chi connectivity index (χ1v) is 28.1. The molecule has 0 aliphatic rings. The minimum absolute atomic E-state index is 0. The van der Waals surface area contributed by atoms with E-state index in [0.717, 1.165) is 131 Å². The van der Waals surface area contributed by atoms with Crippen molar-refractivity contribution in [2.75, 3.05) is 0 Å². The molecule has 5 heteroatoms. The Balaban J connectivity index is 0.000000111. The second kappa shape index (κ2) is 24.5. The van der Waals surface area contributed by atoms with Crippen LogP contribution >= 0.6 is 0 Å². The molecule has 0 saturated heterocycles. The molecule has 0 radical (unpaired) electrons.